The fourth-order valence-corrected chi connectivity index (χ4v) is 1.20. The molecular weight excluding hydrogens is 204 g/mol. The zero-order valence-electron chi connectivity index (χ0n) is 9.67. The van der Waals surface area contributed by atoms with Gasteiger partial charge in [0.25, 0.3) is 0 Å². The fraction of sp³-hybridized carbons (Fsp3) is 0.412. The highest BCUT2D eigenvalue weighted by Gasteiger charge is 1.94. The first-order valence-electron chi connectivity index (χ1n) is 5.13. The summed E-state index contributed by atoms with van der Waals surface area (Å²) >= 11 is 0. The van der Waals surface area contributed by atoms with Crippen LogP contribution in [-0.2, 0) is 0 Å². The van der Waals surface area contributed by atoms with Gasteiger partial charge in [0, 0.05) is 0 Å². The van der Waals surface area contributed by atoms with Crippen LogP contribution in [0.2, 0.25) is 0 Å². The molecule has 100 valence electrons. The summed E-state index contributed by atoms with van der Waals surface area (Å²) in [5.74, 6) is 0. The minimum Gasteiger partial charge on any atom is -0.0984 e. The van der Waals surface area contributed by atoms with Gasteiger partial charge in [0.2, 0.25) is 0 Å². The predicted molar refractivity (Wildman–Crippen MR) is 87.5 cm³/mol. The van der Waals surface area contributed by atoms with Crippen molar-refractivity contribution in [1.82, 2.24) is 0 Å². The Bertz CT molecular complexity index is 306. The predicted octanol–water partition coefficient (Wildman–Crippen LogP) is 6.61. The van der Waals surface area contributed by atoms with Crippen LogP contribution in [0.15, 0.2) is 30.9 Å². The van der Waals surface area contributed by atoms with Gasteiger partial charge in [0.05, 0.1) is 0 Å². The largest absolute Gasteiger partial charge is 0.0984 e. The van der Waals surface area contributed by atoms with Gasteiger partial charge in [-0.3, -0.25) is 0 Å². The second-order valence-corrected chi connectivity index (χ2v) is 2.84. The molecule has 17 heavy (non-hydrogen) atoms. The Morgan fingerprint density at radius 2 is 1.53 bits per heavy atom. The molecular formula is C17H32. The Morgan fingerprint density at radius 3 is 1.94 bits per heavy atom. The Hall–Kier alpha value is -1.30. The first-order valence-corrected chi connectivity index (χ1v) is 5.13. The van der Waals surface area contributed by atoms with Crippen LogP contribution < -0.4 is 0 Å². The molecule has 0 atom stereocenters. The summed E-state index contributed by atoms with van der Waals surface area (Å²) in [6.45, 7) is 11.9. The van der Waals surface area contributed by atoms with E-state index >= 15 is 0 Å². The minimum atomic E-state index is 0. The zero-order chi connectivity index (χ0) is 11.0. The Labute approximate surface area is 110 Å². The zero-order valence-corrected chi connectivity index (χ0v) is 9.67. The second-order valence-electron chi connectivity index (χ2n) is 2.84. The number of benzene rings is 1. The summed E-state index contributed by atoms with van der Waals surface area (Å²) in [6.07, 6.45) is 6.03. The number of hydrogen-bond acceptors (Lipinski definition) is 0. The number of allylic oxidation sites excluding steroid dienone is 1. The minimum absolute atomic E-state index is 0. The van der Waals surface area contributed by atoms with Gasteiger partial charge in [-0.05, 0) is 25.0 Å². The molecule has 0 aromatic heterocycles. The molecule has 1 rings (SSSR count). The normalized spacial score (nSPS) is 7.76. The van der Waals surface area contributed by atoms with Gasteiger partial charge in [-0.2, -0.15) is 0 Å². The average Bonchev–Trinajstić information content (AvgIpc) is 2.22. The van der Waals surface area contributed by atoms with Crippen LogP contribution >= 0.6 is 0 Å². The maximum atomic E-state index is 3.77. The topological polar surface area (TPSA) is 0 Å². The maximum absolute atomic E-state index is 3.77. The summed E-state index contributed by atoms with van der Waals surface area (Å²) in [5.41, 5.74) is 3.72. The molecule has 0 radical (unpaired) electrons. The molecule has 1 aromatic rings. The molecule has 0 fully saturated rings. The molecule has 1 aromatic carbocycles. The second kappa shape index (κ2) is 14.7. The quantitative estimate of drug-likeness (QED) is 0.542. The molecule has 0 amide bonds. The van der Waals surface area contributed by atoms with Gasteiger partial charge < -0.3 is 0 Å². The van der Waals surface area contributed by atoms with E-state index in [9.17, 15) is 0 Å². The van der Waals surface area contributed by atoms with Gasteiger partial charge >= 0.3 is 0 Å². The van der Waals surface area contributed by atoms with E-state index in [1.54, 1.807) is 0 Å². The van der Waals surface area contributed by atoms with Crippen LogP contribution in [0.5, 0.6) is 0 Å². The molecule has 0 nitrogen and oxygen atoms in total. The molecule has 0 aliphatic carbocycles. The van der Waals surface area contributed by atoms with E-state index in [1.807, 2.05) is 32.9 Å². The van der Waals surface area contributed by atoms with Gasteiger partial charge in [0.1, 0.15) is 0 Å². The van der Waals surface area contributed by atoms with Crippen LogP contribution in [0.4, 0.5) is 0 Å². The van der Waals surface area contributed by atoms with Gasteiger partial charge in [-0.1, -0.05) is 84.7 Å². The third kappa shape index (κ3) is 8.50. The van der Waals surface area contributed by atoms with E-state index < -0.39 is 0 Å². The molecule has 0 N–H and O–H groups in total. The summed E-state index contributed by atoms with van der Waals surface area (Å²) in [7, 11) is 0. The average molecular weight is 236 g/mol. The Kier molecular flexibility index (Phi) is 21.4. The summed E-state index contributed by atoms with van der Waals surface area (Å²) in [6, 6.07) is 6.36. The van der Waals surface area contributed by atoms with E-state index in [1.165, 1.54) is 16.7 Å². The van der Waals surface area contributed by atoms with Crippen molar-refractivity contribution >= 4 is 12.2 Å². The summed E-state index contributed by atoms with van der Waals surface area (Å²) in [4.78, 5) is 0. The highest BCUT2D eigenvalue weighted by Crippen LogP contribution is 2.14. The van der Waals surface area contributed by atoms with Gasteiger partial charge in [-0.25, -0.2) is 0 Å². The molecule has 0 bridgehead atoms. The van der Waals surface area contributed by atoms with Crippen LogP contribution in [-0.4, -0.2) is 0 Å². The van der Waals surface area contributed by atoms with E-state index in [4.69, 9.17) is 0 Å². The first-order chi connectivity index (χ1) is 6.77. The Morgan fingerprint density at radius 1 is 1.00 bits per heavy atom. The van der Waals surface area contributed by atoms with Crippen molar-refractivity contribution in [1.29, 1.82) is 0 Å². The third-order valence-electron chi connectivity index (χ3n) is 1.81. The van der Waals surface area contributed by atoms with Crippen molar-refractivity contribution in [2.75, 3.05) is 0 Å². The highest BCUT2D eigenvalue weighted by atomic mass is 14.0. The lowest BCUT2D eigenvalue weighted by atomic mass is 10.0. The lowest BCUT2D eigenvalue weighted by Crippen LogP contribution is -1.81. The standard InChI is InChI=1S/C12H14.C2H6.3CH4/c1-4-6-12-9-10(3)7-8-11(12)5-2;1-2;;;/h4-9H,2H2,1,3H3;1-2H3;3*1H4/b6-4-;;;;. The number of rotatable bonds is 2. The first kappa shape index (κ1) is 24.8. The van der Waals surface area contributed by atoms with Crippen molar-refractivity contribution in [2.45, 2.75) is 50.0 Å². The monoisotopic (exact) mass is 236 g/mol. The van der Waals surface area contributed by atoms with E-state index in [2.05, 4.69) is 37.8 Å². The maximum Gasteiger partial charge on any atom is -0.0185 e. The van der Waals surface area contributed by atoms with Crippen molar-refractivity contribution in [2.24, 2.45) is 0 Å². The molecule has 0 aliphatic rings. The lowest BCUT2D eigenvalue weighted by molar-refractivity contribution is 1.44. The molecule has 0 heterocycles. The van der Waals surface area contributed by atoms with Crippen LogP contribution in [0.1, 0.15) is 59.7 Å². The number of aryl methyl sites for hydroxylation is 1. The fourth-order valence-electron chi connectivity index (χ4n) is 1.20. The molecule has 0 saturated heterocycles. The van der Waals surface area contributed by atoms with E-state index in [0.717, 1.165) is 0 Å². The van der Waals surface area contributed by atoms with Crippen molar-refractivity contribution < 1.29 is 0 Å². The van der Waals surface area contributed by atoms with Crippen LogP contribution in [0.3, 0.4) is 0 Å². The molecule has 0 aliphatic heterocycles. The molecule has 0 spiro atoms. The van der Waals surface area contributed by atoms with Crippen LogP contribution in [0.25, 0.3) is 12.2 Å². The summed E-state index contributed by atoms with van der Waals surface area (Å²) in [5, 5.41) is 0. The van der Waals surface area contributed by atoms with Gasteiger partial charge in [-0.15, -0.1) is 0 Å². The smallest absolute Gasteiger partial charge is 0.0185 e. The van der Waals surface area contributed by atoms with Crippen molar-refractivity contribution in [3.63, 3.8) is 0 Å². The van der Waals surface area contributed by atoms with Crippen molar-refractivity contribution in [3.8, 4) is 0 Å². The van der Waals surface area contributed by atoms with Crippen molar-refractivity contribution in [3.05, 3.63) is 47.5 Å². The highest BCUT2D eigenvalue weighted by molar-refractivity contribution is 5.64. The lowest BCUT2D eigenvalue weighted by Gasteiger charge is -2.01. The molecule has 0 unspecified atom stereocenters. The molecule has 0 heteroatoms. The summed E-state index contributed by atoms with van der Waals surface area (Å²) < 4.78 is 0. The molecule has 0 saturated carbocycles. The third-order valence-corrected chi connectivity index (χ3v) is 1.81. The Balaban J connectivity index is -0.000000160. The SMILES string of the molecule is C.C.C.C=Cc1ccc(C)cc1/C=C\C.CC. The van der Waals surface area contributed by atoms with Gasteiger partial charge in [0.15, 0.2) is 0 Å². The van der Waals surface area contributed by atoms with Crippen LogP contribution in [0, 0.1) is 6.92 Å². The number of hydrogen-bond donors (Lipinski definition) is 0. The van der Waals surface area contributed by atoms with E-state index in [0.29, 0.717) is 0 Å². The van der Waals surface area contributed by atoms with E-state index in [-0.39, 0.29) is 22.3 Å².